The molecule has 0 aliphatic rings. The zero-order valence-corrected chi connectivity index (χ0v) is 14.9. The summed E-state index contributed by atoms with van der Waals surface area (Å²) < 4.78 is 27.3. The first-order valence-electron chi connectivity index (χ1n) is 6.25. The number of aliphatic hydroxyl groups is 1. The lowest BCUT2D eigenvalue weighted by molar-refractivity contribution is 0.281. The normalized spacial score (nSPS) is 12.0. The van der Waals surface area contributed by atoms with Crippen molar-refractivity contribution < 1.29 is 13.5 Å². The van der Waals surface area contributed by atoms with Gasteiger partial charge in [0.05, 0.1) is 11.5 Å². The van der Waals surface area contributed by atoms with E-state index >= 15 is 0 Å². The van der Waals surface area contributed by atoms with Crippen LogP contribution in [0, 0.1) is 6.92 Å². The molecular weight excluding hydrogens is 374 g/mol. The van der Waals surface area contributed by atoms with E-state index in [0.717, 1.165) is 10.4 Å². The average molecular weight is 390 g/mol. The van der Waals surface area contributed by atoms with Crippen LogP contribution in [0.5, 0.6) is 0 Å². The minimum Gasteiger partial charge on any atom is -0.392 e. The molecule has 0 saturated heterocycles. The van der Waals surface area contributed by atoms with Crippen LogP contribution in [0.25, 0.3) is 0 Å². The Morgan fingerprint density at radius 3 is 2.67 bits per heavy atom. The van der Waals surface area contributed by atoms with Gasteiger partial charge in [0.15, 0.2) is 0 Å². The summed E-state index contributed by atoms with van der Waals surface area (Å²) in [6.07, 6.45) is 0. The molecule has 0 aliphatic heterocycles. The highest BCUT2D eigenvalue weighted by Crippen LogP contribution is 2.30. The minimum absolute atomic E-state index is 0.186. The van der Waals surface area contributed by atoms with Crippen molar-refractivity contribution in [3.63, 3.8) is 0 Å². The van der Waals surface area contributed by atoms with E-state index in [1.54, 1.807) is 13.1 Å². The zero-order chi connectivity index (χ0) is 15.6. The second-order valence-corrected chi connectivity index (χ2v) is 8.56. The molecular formula is C14H16BrNO3S2. The summed E-state index contributed by atoms with van der Waals surface area (Å²) in [4.78, 5) is 1.16. The third-order valence-electron chi connectivity index (χ3n) is 3.11. The Kier molecular flexibility index (Phi) is 5.21. The summed E-state index contributed by atoms with van der Waals surface area (Å²) in [5, 5.41) is 11.2. The molecule has 114 valence electrons. The fourth-order valence-corrected chi connectivity index (χ4v) is 4.98. The van der Waals surface area contributed by atoms with E-state index in [-0.39, 0.29) is 11.5 Å². The molecule has 2 aromatic rings. The molecule has 0 aliphatic carbocycles. The third kappa shape index (κ3) is 3.54. The highest BCUT2D eigenvalue weighted by atomic mass is 79.9. The monoisotopic (exact) mass is 389 g/mol. The van der Waals surface area contributed by atoms with Gasteiger partial charge in [-0.3, -0.25) is 0 Å². The van der Waals surface area contributed by atoms with Crippen LogP contribution in [-0.4, -0.2) is 24.9 Å². The van der Waals surface area contributed by atoms with E-state index in [9.17, 15) is 13.5 Å². The van der Waals surface area contributed by atoms with E-state index in [0.29, 0.717) is 16.6 Å². The molecule has 4 nitrogen and oxygen atoms in total. The van der Waals surface area contributed by atoms with Crippen LogP contribution in [0.1, 0.15) is 16.0 Å². The van der Waals surface area contributed by atoms with Gasteiger partial charge in [-0.25, -0.2) is 8.42 Å². The number of hydrogen-bond acceptors (Lipinski definition) is 4. The number of thiophene rings is 1. The van der Waals surface area contributed by atoms with Crippen molar-refractivity contribution in [2.45, 2.75) is 25.0 Å². The molecule has 0 fully saturated rings. The van der Waals surface area contributed by atoms with Crippen molar-refractivity contribution in [2.24, 2.45) is 0 Å². The van der Waals surface area contributed by atoms with Crippen LogP contribution in [-0.2, 0) is 23.2 Å². The van der Waals surface area contributed by atoms with Crippen LogP contribution >= 0.6 is 27.3 Å². The molecule has 0 radical (unpaired) electrons. The predicted molar refractivity (Wildman–Crippen MR) is 87.8 cm³/mol. The molecule has 21 heavy (non-hydrogen) atoms. The number of aryl methyl sites for hydroxylation is 1. The molecule has 0 bridgehead atoms. The Hall–Kier alpha value is -0.730. The Morgan fingerprint density at radius 2 is 2.10 bits per heavy atom. The summed E-state index contributed by atoms with van der Waals surface area (Å²) in [5.74, 6) is 0. The molecule has 0 spiro atoms. The van der Waals surface area contributed by atoms with E-state index < -0.39 is 10.0 Å². The van der Waals surface area contributed by atoms with Gasteiger partial charge < -0.3 is 5.11 Å². The summed E-state index contributed by atoms with van der Waals surface area (Å²) >= 11 is 4.86. The molecule has 7 heteroatoms. The highest BCUT2D eigenvalue weighted by molar-refractivity contribution is 9.10. The van der Waals surface area contributed by atoms with E-state index in [4.69, 9.17) is 0 Å². The van der Waals surface area contributed by atoms with Crippen molar-refractivity contribution >= 4 is 37.3 Å². The lowest BCUT2D eigenvalue weighted by atomic mass is 10.1. The number of benzene rings is 1. The molecule has 1 heterocycles. The van der Waals surface area contributed by atoms with Gasteiger partial charge in [0.2, 0.25) is 10.0 Å². The van der Waals surface area contributed by atoms with Gasteiger partial charge >= 0.3 is 0 Å². The van der Waals surface area contributed by atoms with Gasteiger partial charge in [-0.1, -0.05) is 12.1 Å². The van der Waals surface area contributed by atoms with Crippen LogP contribution in [0.3, 0.4) is 0 Å². The van der Waals surface area contributed by atoms with Crippen molar-refractivity contribution in [3.8, 4) is 0 Å². The van der Waals surface area contributed by atoms with Crippen LogP contribution in [0.2, 0.25) is 0 Å². The van der Waals surface area contributed by atoms with Crippen LogP contribution < -0.4 is 0 Å². The van der Waals surface area contributed by atoms with Gasteiger partial charge in [-0.2, -0.15) is 4.31 Å². The topological polar surface area (TPSA) is 57.6 Å². The number of rotatable bonds is 5. The first-order chi connectivity index (χ1) is 9.86. The average Bonchev–Trinajstić information content (AvgIpc) is 2.94. The number of aliphatic hydroxyl groups excluding tert-OH is 1. The lowest BCUT2D eigenvalue weighted by Gasteiger charge is -2.19. The van der Waals surface area contributed by atoms with Crippen molar-refractivity contribution in [2.75, 3.05) is 7.05 Å². The first kappa shape index (κ1) is 16.6. The second kappa shape index (κ2) is 6.58. The molecule has 1 N–H and O–H groups in total. The SMILES string of the molecule is Cc1cc(CO)cc(S(=O)(=O)N(C)Cc2cccs2)c1Br. The maximum atomic E-state index is 12.7. The third-order valence-corrected chi connectivity index (χ3v) is 7.11. The first-order valence-corrected chi connectivity index (χ1v) is 9.36. The largest absolute Gasteiger partial charge is 0.392 e. The minimum atomic E-state index is -3.62. The van der Waals surface area contributed by atoms with E-state index in [1.807, 2.05) is 24.4 Å². The van der Waals surface area contributed by atoms with Crippen LogP contribution in [0.15, 0.2) is 39.0 Å². The summed E-state index contributed by atoms with van der Waals surface area (Å²) in [6.45, 7) is 1.95. The number of halogens is 1. The summed E-state index contributed by atoms with van der Waals surface area (Å²) in [6, 6.07) is 7.08. The van der Waals surface area contributed by atoms with E-state index in [2.05, 4.69) is 15.9 Å². The standard InChI is InChI=1S/C14H16BrNO3S2/c1-10-6-11(9-17)7-13(14(10)15)21(18,19)16(2)8-12-4-3-5-20-12/h3-7,17H,8-9H2,1-2H3. The van der Waals surface area contributed by atoms with Crippen LogP contribution in [0.4, 0.5) is 0 Å². The summed E-state index contributed by atoms with van der Waals surface area (Å²) in [7, 11) is -2.06. The molecule has 0 amide bonds. The summed E-state index contributed by atoms with van der Waals surface area (Å²) in [5.41, 5.74) is 1.36. The second-order valence-electron chi connectivity index (χ2n) is 4.72. The van der Waals surface area contributed by atoms with Crippen molar-refractivity contribution in [3.05, 3.63) is 50.1 Å². The highest BCUT2D eigenvalue weighted by Gasteiger charge is 2.25. The number of nitrogens with zero attached hydrogens (tertiary/aromatic N) is 1. The molecule has 0 saturated carbocycles. The maximum absolute atomic E-state index is 12.7. The molecule has 1 aromatic carbocycles. The fraction of sp³-hybridized carbons (Fsp3) is 0.286. The predicted octanol–water partition coefficient (Wildman–Crippen LogP) is 3.13. The Labute approximate surface area is 137 Å². The smallest absolute Gasteiger partial charge is 0.244 e. The number of hydrogen-bond donors (Lipinski definition) is 1. The zero-order valence-electron chi connectivity index (χ0n) is 11.7. The maximum Gasteiger partial charge on any atom is 0.244 e. The Morgan fingerprint density at radius 1 is 1.38 bits per heavy atom. The van der Waals surface area contributed by atoms with E-state index in [1.165, 1.54) is 21.7 Å². The number of sulfonamides is 1. The lowest BCUT2D eigenvalue weighted by Crippen LogP contribution is -2.26. The molecule has 2 rings (SSSR count). The fourth-order valence-electron chi connectivity index (χ4n) is 1.96. The van der Waals surface area contributed by atoms with Gasteiger partial charge in [0, 0.05) is 22.9 Å². The van der Waals surface area contributed by atoms with Gasteiger partial charge in [-0.05, 0) is 51.5 Å². The molecule has 0 atom stereocenters. The molecule has 1 aromatic heterocycles. The van der Waals surface area contributed by atoms with Gasteiger partial charge in [-0.15, -0.1) is 11.3 Å². The molecule has 0 unspecified atom stereocenters. The van der Waals surface area contributed by atoms with Gasteiger partial charge in [0.25, 0.3) is 0 Å². The van der Waals surface area contributed by atoms with Crippen molar-refractivity contribution in [1.82, 2.24) is 4.31 Å². The van der Waals surface area contributed by atoms with Gasteiger partial charge in [0.1, 0.15) is 0 Å². The Bertz CT molecular complexity index is 727. The quantitative estimate of drug-likeness (QED) is 0.854. The van der Waals surface area contributed by atoms with Crippen molar-refractivity contribution in [1.29, 1.82) is 0 Å². The Balaban J connectivity index is 2.41.